The third kappa shape index (κ3) is 4.31. The van der Waals surface area contributed by atoms with E-state index in [0.29, 0.717) is 17.4 Å². The summed E-state index contributed by atoms with van der Waals surface area (Å²) >= 11 is 5.80. The molecule has 0 spiro atoms. The molecular formula is C13H14ClN3O. The van der Waals surface area contributed by atoms with Gasteiger partial charge in [-0.3, -0.25) is 9.97 Å². The van der Waals surface area contributed by atoms with Crippen molar-refractivity contribution >= 4 is 11.6 Å². The number of nitrogens with zero attached hydrogens (tertiary/aromatic N) is 2. The highest BCUT2D eigenvalue weighted by Crippen LogP contribution is 2.14. The molecule has 0 atom stereocenters. The van der Waals surface area contributed by atoms with Crippen LogP contribution in [0.1, 0.15) is 5.56 Å². The first kappa shape index (κ1) is 12.8. The predicted octanol–water partition coefficient (Wildman–Crippen LogP) is 2.30. The van der Waals surface area contributed by atoms with Gasteiger partial charge in [-0.05, 0) is 11.6 Å². The summed E-state index contributed by atoms with van der Waals surface area (Å²) in [5, 5.41) is 3.85. The number of rotatable bonds is 6. The van der Waals surface area contributed by atoms with Crippen LogP contribution >= 0.6 is 11.6 Å². The second-order valence-corrected chi connectivity index (χ2v) is 4.16. The monoisotopic (exact) mass is 263 g/mol. The molecule has 94 valence electrons. The summed E-state index contributed by atoms with van der Waals surface area (Å²) in [6.45, 7) is 2.11. The van der Waals surface area contributed by atoms with Gasteiger partial charge in [0.15, 0.2) is 0 Å². The Kier molecular flexibility index (Phi) is 4.93. The summed E-state index contributed by atoms with van der Waals surface area (Å²) < 4.78 is 5.50. The number of halogens is 1. The summed E-state index contributed by atoms with van der Waals surface area (Å²) in [6, 6.07) is 5.70. The molecule has 18 heavy (non-hydrogen) atoms. The number of aromatic nitrogens is 2. The van der Waals surface area contributed by atoms with E-state index in [2.05, 4.69) is 15.3 Å². The predicted molar refractivity (Wildman–Crippen MR) is 70.7 cm³/mol. The van der Waals surface area contributed by atoms with Gasteiger partial charge in [0.25, 0.3) is 0 Å². The molecule has 0 unspecified atom stereocenters. The van der Waals surface area contributed by atoms with Crippen molar-refractivity contribution in [2.24, 2.45) is 0 Å². The Hall–Kier alpha value is -1.65. The van der Waals surface area contributed by atoms with Crippen molar-refractivity contribution in [1.29, 1.82) is 0 Å². The zero-order chi connectivity index (χ0) is 12.6. The first-order chi connectivity index (χ1) is 8.84. The summed E-state index contributed by atoms with van der Waals surface area (Å²) in [4.78, 5) is 7.99. The maximum atomic E-state index is 5.80. The fourth-order valence-corrected chi connectivity index (χ4v) is 1.61. The van der Waals surface area contributed by atoms with Crippen LogP contribution < -0.4 is 10.1 Å². The van der Waals surface area contributed by atoms with Crippen LogP contribution in [-0.4, -0.2) is 23.1 Å². The molecule has 0 aromatic carbocycles. The lowest BCUT2D eigenvalue weighted by molar-refractivity contribution is 0.312. The Balaban J connectivity index is 1.65. The molecule has 0 fully saturated rings. The molecule has 0 saturated heterocycles. The average Bonchev–Trinajstić information content (AvgIpc) is 2.40. The van der Waals surface area contributed by atoms with Crippen molar-refractivity contribution in [2.75, 3.05) is 13.2 Å². The van der Waals surface area contributed by atoms with Crippen molar-refractivity contribution in [3.63, 3.8) is 0 Å². The van der Waals surface area contributed by atoms with Crippen LogP contribution in [-0.2, 0) is 6.54 Å². The smallest absolute Gasteiger partial charge is 0.139 e. The van der Waals surface area contributed by atoms with Crippen molar-refractivity contribution in [3.05, 3.63) is 53.6 Å². The molecule has 4 nitrogen and oxygen atoms in total. The summed E-state index contributed by atoms with van der Waals surface area (Å²) in [5.74, 6) is 0.686. The maximum absolute atomic E-state index is 5.80. The largest absolute Gasteiger partial charge is 0.491 e. The number of nitrogens with one attached hydrogen (secondary N) is 1. The van der Waals surface area contributed by atoms with Crippen LogP contribution in [0.15, 0.2) is 43.0 Å². The van der Waals surface area contributed by atoms with Crippen molar-refractivity contribution in [2.45, 2.75) is 6.54 Å². The number of hydrogen-bond acceptors (Lipinski definition) is 4. The quantitative estimate of drug-likeness (QED) is 0.813. The molecule has 2 heterocycles. The first-order valence-corrected chi connectivity index (χ1v) is 6.05. The minimum Gasteiger partial charge on any atom is -0.491 e. The Morgan fingerprint density at radius 2 is 2.17 bits per heavy atom. The zero-order valence-corrected chi connectivity index (χ0v) is 10.6. The van der Waals surface area contributed by atoms with E-state index < -0.39 is 0 Å². The molecular weight excluding hydrogens is 250 g/mol. The molecule has 0 radical (unpaired) electrons. The minimum atomic E-state index is 0.572. The third-order valence-corrected chi connectivity index (χ3v) is 2.49. The van der Waals surface area contributed by atoms with E-state index in [9.17, 15) is 0 Å². The molecule has 0 saturated carbocycles. The molecule has 0 aliphatic heterocycles. The standard InChI is InChI=1S/C13H14ClN3O/c14-12-6-13(10-17-9-12)18-5-4-16-8-11-2-1-3-15-7-11/h1-3,6-7,9-10,16H,4-5,8H2. The highest BCUT2D eigenvalue weighted by Gasteiger charge is 1.96. The van der Waals surface area contributed by atoms with E-state index in [1.807, 2.05) is 18.3 Å². The van der Waals surface area contributed by atoms with Crippen LogP contribution in [0, 0.1) is 0 Å². The van der Waals surface area contributed by atoms with Gasteiger partial charge in [-0.15, -0.1) is 0 Å². The van der Waals surface area contributed by atoms with Crippen LogP contribution in [0.4, 0.5) is 0 Å². The molecule has 0 aliphatic carbocycles. The van der Waals surface area contributed by atoms with E-state index in [4.69, 9.17) is 16.3 Å². The van der Waals surface area contributed by atoms with E-state index in [1.54, 1.807) is 24.7 Å². The van der Waals surface area contributed by atoms with E-state index in [1.165, 1.54) is 0 Å². The minimum absolute atomic E-state index is 0.572. The molecule has 5 heteroatoms. The summed E-state index contributed by atoms with van der Waals surface area (Å²) in [6.07, 6.45) is 6.83. The van der Waals surface area contributed by atoms with E-state index >= 15 is 0 Å². The summed E-state index contributed by atoms with van der Waals surface area (Å²) in [5.41, 5.74) is 1.15. The van der Waals surface area contributed by atoms with Crippen LogP contribution in [0.25, 0.3) is 0 Å². The molecule has 0 bridgehead atoms. The Morgan fingerprint density at radius 1 is 1.22 bits per heavy atom. The van der Waals surface area contributed by atoms with Gasteiger partial charge in [0.1, 0.15) is 12.4 Å². The molecule has 0 amide bonds. The van der Waals surface area contributed by atoms with Gasteiger partial charge in [-0.1, -0.05) is 17.7 Å². The molecule has 2 rings (SSSR count). The lowest BCUT2D eigenvalue weighted by atomic mass is 10.3. The fourth-order valence-electron chi connectivity index (χ4n) is 1.45. The highest BCUT2D eigenvalue weighted by molar-refractivity contribution is 6.30. The lowest BCUT2D eigenvalue weighted by Crippen LogP contribution is -2.20. The Labute approximate surface area is 111 Å². The van der Waals surface area contributed by atoms with Gasteiger partial charge >= 0.3 is 0 Å². The highest BCUT2D eigenvalue weighted by atomic mass is 35.5. The first-order valence-electron chi connectivity index (χ1n) is 5.67. The van der Waals surface area contributed by atoms with E-state index in [0.717, 1.165) is 18.7 Å². The van der Waals surface area contributed by atoms with Crippen LogP contribution in [0.5, 0.6) is 5.75 Å². The molecule has 1 N–H and O–H groups in total. The maximum Gasteiger partial charge on any atom is 0.139 e. The Morgan fingerprint density at radius 3 is 2.94 bits per heavy atom. The molecule has 2 aromatic rings. The average molecular weight is 264 g/mol. The Bertz CT molecular complexity index is 479. The summed E-state index contributed by atoms with van der Waals surface area (Å²) in [7, 11) is 0. The van der Waals surface area contributed by atoms with Crippen LogP contribution in [0.3, 0.4) is 0 Å². The second-order valence-electron chi connectivity index (χ2n) is 3.73. The number of hydrogen-bond donors (Lipinski definition) is 1. The van der Waals surface area contributed by atoms with Crippen molar-refractivity contribution in [3.8, 4) is 5.75 Å². The van der Waals surface area contributed by atoms with E-state index in [-0.39, 0.29) is 0 Å². The molecule has 2 aromatic heterocycles. The van der Waals surface area contributed by atoms with Gasteiger partial charge in [0, 0.05) is 37.7 Å². The van der Waals surface area contributed by atoms with Crippen LogP contribution in [0.2, 0.25) is 5.02 Å². The van der Waals surface area contributed by atoms with Crippen molar-refractivity contribution < 1.29 is 4.74 Å². The third-order valence-electron chi connectivity index (χ3n) is 2.28. The zero-order valence-electron chi connectivity index (χ0n) is 9.84. The second kappa shape index (κ2) is 6.93. The van der Waals surface area contributed by atoms with Gasteiger partial charge in [-0.25, -0.2) is 0 Å². The normalized spacial score (nSPS) is 10.3. The van der Waals surface area contributed by atoms with Gasteiger partial charge < -0.3 is 10.1 Å². The van der Waals surface area contributed by atoms with Gasteiger partial charge in [0.2, 0.25) is 0 Å². The fraction of sp³-hybridized carbons (Fsp3) is 0.231. The number of pyridine rings is 2. The number of ether oxygens (including phenoxy) is 1. The SMILES string of the molecule is Clc1cncc(OCCNCc2cccnc2)c1. The van der Waals surface area contributed by atoms with Gasteiger partial charge in [-0.2, -0.15) is 0 Å². The molecule has 0 aliphatic rings. The lowest BCUT2D eigenvalue weighted by Gasteiger charge is -2.07. The topological polar surface area (TPSA) is 47.0 Å². The van der Waals surface area contributed by atoms with Gasteiger partial charge in [0.05, 0.1) is 11.2 Å². The van der Waals surface area contributed by atoms with Crippen molar-refractivity contribution in [1.82, 2.24) is 15.3 Å².